The fourth-order valence-corrected chi connectivity index (χ4v) is 2.38. The van der Waals surface area contributed by atoms with Crippen molar-refractivity contribution in [3.05, 3.63) is 33.0 Å². The van der Waals surface area contributed by atoms with Crippen LogP contribution in [0.25, 0.3) is 0 Å². The number of halogens is 3. The van der Waals surface area contributed by atoms with Crippen LogP contribution in [0.1, 0.15) is 49.9 Å². The van der Waals surface area contributed by atoms with Gasteiger partial charge in [-0.1, -0.05) is 38.3 Å². The Morgan fingerprint density at radius 3 is 2.67 bits per heavy atom. The van der Waals surface area contributed by atoms with Gasteiger partial charge in [0.05, 0.1) is 10.6 Å². The number of unbranched alkanes of at least 4 members (excludes halogenated alkanes) is 1. The molecule has 0 amide bonds. The van der Waals surface area contributed by atoms with Crippen molar-refractivity contribution < 1.29 is 9.18 Å². The molecule has 0 aromatic heterocycles. The van der Waals surface area contributed by atoms with E-state index < -0.39 is 5.82 Å². The van der Waals surface area contributed by atoms with Crippen LogP contribution in [-0.2, 0) is 0 Å². The number of carbonyl (C=O) groups excluding carboxylic acids is 1. The lowest BCUT2D eigenvalue weighted by atomic mass is 9.90. The molecule has 4 heteroatoms. The van der Waals surface area contributed by atoms with E-state index in [4.69, 9.17) is 11.6 Å². The number of hydrogen-bond donors (Lipinski definition) is 0. The second-order valence-electron chi connectivity index (χ2n) is 4.33. The van der Waals surface area contributed by atoms with Gasteiger partial charge in [0.2, 0.25) is 0 Å². The lowest BCUT2D eigenvalue weighted by molar-refractivity contribution is 0.0904. The third kappa shape index (κ3) is 3.55. The smallest absolute Gasteiger partial charge is 0.168 e. The molecule has 100 valence electrons. The average Bonchev–Trinajstić information content (AvgIpc) is 2.37. The Balaban J connectivity index is 2.98. The molecule has 0 aliphatic heterocycles. The first-order valence-electron chi connectivity index (χ1n) is 6.20. The second kappa shape index (κ2) is 7.25. The molecular weight excluding hydrogens is 319 g/mol. The zero-order valence-corrected chi connectivity index (χ0v) is 12.9. The lowest BCUT2D eigenvalue weighted by Gasteiger charge is -2.14. The van der Waals surface area contributed by atoms with E-state index in [1.54, 1.807) is 6.07 Å². The maximum atomic E-state index is 13.9. The van der Waals surface area contributed by atoms with E-state index in [2.05, 4.69) is 22.9 Å². The molecule has 0 spiro atoms. The van der Waals surface area contributed by atoms with Gasteiger partial charge in [0.25, 0.3) is 0 Å². The maximum Gasteiger partial charge on any atom is 0.168 e. The van der Waals surface area contributed by atoms with Crippen molar-refractivity contribution in [1.82, 2.24) is 0 Å². The van der Waals surface area contributed by atoms with Crippen molar-refractivity contribution in [1.29, 1.82) is 0 Å². The molecule has 18 heavy (non-hydrogen) atoms. The van der Waals surface area contributed by atoms with Crippen molar-refractivity contribution >= 4 is 33.3 Å². The third-order valence-corrected chi connectivity index (χ3v) is 4.33. The lowest BCUT2D eigenvalue weighted by Crippen LogP contribution is -2.15. The largest absolute Gasteiger partial charge is 0.294 e. The van der Waals surface area contributed by atoms with Crippen LogP contribution in [0, 0.1) is 11.7 Å². The summed E-state index contributed by atoms with van der Waals surface area (Å²) in [5.41, 5.74) is 0.103. The quantitative estimate of drug-likeness (QED) is 0.485. The van der Waals surface area contributed by atoms with E-state index in [1.807, 2.05) is 6.92 Å². The van der Waals surface area contributed by atoms with Gasteiger partial charge < -0.3 is 0 Å². The molecule has 1 atom stereocenters. The Bertz CT molecular complexity index is 434. The van der Waals surface area contributed by atoms with Gasteiger partial charge in [-0.2, -0.15) is 0 Å². The van der Waals surface area contributed by atoms with Gasteiger partial charge >= 0.3 is 0 Å². The molecule has 1 aromatic carbocycles. The SMILES string of the molecule is CCCCC(CC)C(=O)c1ccc(Br)c(Cl)c1F. The van der Waals surface area contributed by atoms with Crippen molar-refractivity contribution in [3.63, 3.8) is 0 Å². The third-order valence-electron chi connectivity index (χ3n) is 3.07. The highest BCUT2D eigenvalue weighted by molar-refractivity contribution is 9.10. The zero-order chi connectivity index (χ0) is 13.7. The maximum absolute atomic E-state index is 13.9. The van der Waals surface area contributed by atoms with Crippen molar-refractivity contribution in [2.75, 3.05) is 0 Å². The topological polar surface area (TPSA) is 17.1 Å². The number of hydrogen-bond acceptors (Lipinski definition) is 1. The molecule has 1 rings (SSSR count). The highest BCUT2D eigenvalue weighted by atomic mass is 79.9. The summed E-state index contributed by atoms with van der Waals surface area (Å²) in [6.07, 6.45) is 3.55. The zero-order valence-electron chi connectivity index (χ0n) is 10.6. The van der Waals surface area contributed by atoms with Crippen molar-refractivity contribution in [3.8, 4) is 0 Å². The van der Waals surface area contributed by atoms with Crippen molar-refractivity contribution in [2.45, 2.75) is 39.5 Å². The number of benzene rings is 1. The van der Waals surface area contributed by atoms with Gasteiger partial charge in [-0.15, -0.1) is 0 Å². The number of Topliss-reactive ketones (excluding diaryl/α,β-unsaturated/α-hetero) is 1. The number of ketones is 1. The Morgan fingerprint density at radius 2 is 2.11 bits per heavy atom. The van der Waals surface area contributed by atoms with E-state index in [1.165, 1.54) is 6.07 Å². The molecule has 1 aromatic rings. The van der Waals surface area contributed by atoms with Gasteiger partial charge in [0, 0.05) is 10.4 Å². The van der Waals surface area contributed by atoms with Gasteiger partial charge in [-0.05, 0) is 40.9 Å². The summed E-state index contributed by atoms with van der Waals surface area (Å²) in [6, 6.07) is 3.12. The minimum Gasteiger partial charge on any atom is -0.294 e. The molecule has 0 heterocycles. The van der Waals surface area contributed by atoms with E-state index >= 15 is 0 Å². The Hall–Kier alpha value is -0.410. The molecule has 0 aliphatic rings. The van der Waals surface area contributed by atoms with Crippen LogP contribution in [0.15, 0.2) is 16.6 Å². The van der Waals surface area contributed by atoms with Gasteiger partial charge in [0.15, 0.2) is 11.6 Å². The van der Waals surface area contributed by atoms with Crippen LogP contribution in [0.5, 0.6) is 0 Å². The van der Waals surface area contributed by atoms with Crippen LogP contribution in [0.4, 0.5) is 4.39 Å². The summed E-state index contributed by atoms with van der Waals surface area (Å²) in [7, 11) is 0. The molecule has 1 nitrogen and oxygen atoms in total. The van der Waals surface area contributed by atoms with Crippen LogP contribution in [-0.4, -0.2) is 5.78 Å². The minimum absolute atomic E-state index is 0.0220. The van der Waals surface area contributed by atoms with E-state index in [9.17, 15) is 9.18 Å². The molecule has 1 unspecified atom stereocenters. The molecule has 0 aliphatic carbocycles. The molecule has 0 N–H and O–H groups in total. The van der Waals surface area contributed by atoms with E-state index in [0.29, 0.717) is 4.47 Å². The summed E-state index contributed by atoms with van der Waals surface area (Å²) in [4.78, 5) is 12.3. The minimum atomic E-state index is -0.619. The molecule has 0 bridgehead atoms. The normalized spacial score (nSPS) is 12.5. The highest BCUT2D eigenvalue weighted by Crippen LogP contribution is 2.30. The average molecular weight is 336 g/mol. The second-order valence-corrected chi connectivity index (χ2v) is 5.57. The van der Waals surface area contributed by atoms with Gasteiger partial charge in [0.1, 0.15) is 0 Å². The van der Waals surface area contributed by atoms with Gasteiger partial charge in [-0.3, -0.25) is 4.79 Å². The Morgan fingerprint density at radius 1 is 1.44 bits per heavy atom. The summed E-state index contributed by atoms with van der Waals surface area (Å²) < 4.78 is 14.4. The van der Waals surface area contributed by atoms with E-state index in [-0.39, 0.29) is 22.3 Å². The summed E-state index contributed by atoms with van der Waals surface area (Å²) in [5.74, 6) is -0.875. The first-order valence-corrected chi connectivity index (χ1v) is 7.37. The highest BCUT2D eigenvalue weighted by Gasteiger charge is 2.22. The molecule has 0 saturated heterocycles. The molecule has 0 fully saturated rings. The van der Waals surface area contributed by atoms with E-state index in [0.717, 1.165) is 25.7 Å². The number of rotatable bonds is 6. The molecular formula is C14H17BrClFO. The summed E-state index contributed by atoms with van der Waals surface area (Å²) in [6.45, 7) is 4.03. The first-order chi connectivity index (χ1) is 8.52. The Kier molecular flexibility index (Phi) is 6.30. The summed E-state index contributed by atoms with van der Waals surface area (Å²) >= 11 is 8.95. The van der Waals surface area contributed by atoms with Crippen LogP contribution < -0.4 is 0 Å². The van der Waals surface area contributed by atoms with Crippen LogP contribution in [0.3, 0.4) is 0 Å². The van der Waals surface area contributed by atoms with Crippen LogP contribution in [0.2, 0.25) is 5.02 Å². The standard InChI is InChI=1S/C14H17BrClFO/c1-3-5-6-9(4-2)14(18)10-7-8-11(15)12(16)13(10)17/h7-9H,3-6H2,1-2H3. The fourth-order valence-electron chi connectivity index (χ4n) is 1.91. The summed E-state index contributed by atoms with van der Waals surface area (Å²) in [5, 5.41) is -0.0220. The molecule has 0 saturated carbocycles. The molecule has 0 radical (unpaired) electrons. The predicted molar refractivity (Wildman–Crippen MR) is 76.7 cm³/mol. The van der Waals surface area contributed by atoms with Crippen molar-refractivity contribution in [2.24, 2.45) is 5.92 Å². The number of carbonyl (C=O) groups is 1. The Labute approximate surface area is 121 Å². The van der Waals surface area contributed by atoms with Gasteiger partial charge in [-0.25, -0.2) is 4.39 Å². The monoisotopic (exact) mass is 334 g/mol. The predicted octanol–water partition coefficient (Wildman–Crippen LogP) is 5.64. The van der Waals surface area contributed by atoms with Crippen LogP contribution >= 0.6 is 27.5 Å². The first kappa shape index (κ1) is 15.6. The fraction of sp³-hybridized carbons (Fsp3) is 0.500.